The number of rotatable bonds is 0. The van der Waals surface area contributed by atoms with Crippen LogP contribution in [0.5, 0.6) is 11.5 Å². The SMILES string of the molecule is Clc1cc2c(cc1Cl)Sc1cc(Cl)c(Cl)c(Cl)c1O2. The lowest BCUT2D eigenvalue weighted by Crippen LogP contribution is -1.97. The van der Waals surface area contributed by atoms with Crippen LogP contribution in [0, 0.1) is 0 Å². The second kappa shape index (κ2) is 5.10. The van der Waals surface area contributed by atoms with Gasteiger partial charge in [-0.15, -0.1) is 0 Å². The third-order valence-corrected chi connectivity index (χ3v) is 5.53. The highest BCUT2D eigenvalue weighted by Gasteiger charge is 2.24. The Kier molecular flexibility index (Phi) is 3.76. The molecule has 2 aromatic carbocycles. The van der Waals surface area contributed by atoms with Gasteiger partial charge in [-0.1, -0.05) is 69.8 Å². The van der Waals surface area contributed by atoms with E-state index >= 15 is 0 Å². The molecule has 0 N–H and O–H groups in total. The average Bonchev–Trinajstić information content (AvgIpc) is 2.37. The fraction of sp³-hybridized carbons (Fsp3) is 0. The molecular weight excluding hydrogens is 369 g/mol. The van der Waals surface area contributed by atoms with E-state index in [0.29, 0.717) is 26.6 Å². The van der Waals surface area contributed by atoms with Gasteiger partial charge in [0, 0.05) is 6.07 Å². The lowest BCUT2D eigenvalue weighted by Gasteiger charge is -2.22. The smallest absolute Gasteiger partial charge is 0.161 e. The molecule has 19 heavy (non-hydrogen) atoms. The lowest BCUT2D eigenvalue weighted by atomic mass is 10.3. The lowest BCUT2D eigenvalue weighted by molar-refractivity contribution is 0.455. The van der Waals surface area contributed by atoms with Gasteiger partial charge in [0.05, 0.1) is 29.9 Å². The van der Waals surface area contributed by atoms with Gasteiger partial charge in [0.1, 0.15) is 10.8 Å². The molecule has 98 valence electrons. The molecule has 0 aliphatic carbocycles. The Morgan fingerprint density at radius 3 is 2.11 bits per heavy atom. The Balaban J connectivity index is 2.17. The summed E-state index contributed by atoms with van der Waals surface area (Å²) in [4.78, 5) is 1.63. The van der Waals surface area contributed by atoms with Crippen molar-refractivity contribution in [3.8, 4) is 11.5 Å². The minimum Gasteiger partial charge on any atom is -0.453 e. The third kappa shape index (κ3) is 2.39. The molecule has 0 atom stereocenters. The molecule has 0 spiro atoms. The normalized spacial score (nSPS) is 12.7. The molecule has 0 fully saturated rings. The van der Waals surface area contributed by atoms with Crippen LogP contribution in [0.4, 0.5) is 0 Å². The summed E-state index contributed by atoms with van der Waals surface area (Å²) in [7, 11) is 0. The maximum absolute atomic E-state index is 6.14. The van der Waals surface area contributed by atoms with Gasteiger partial charge < -0.3 is 4.74 Å². The molecule has 0 unspecified atom stereocenters. The van der Waals surface area contributed by atoms with Crippen LogP contribution >= 0.6 is 69.8 Å². The van der Waals surface area contributed by atoms with Gasteiger partial charge in [-0.25, -0.2) is 0 Å². The largest absolute Gasteiger partial charge is 0.453 e. The van der Waals surface area contributed by atoms with E-state index in [9.17, 15) is 0 Å². The van der Waals surface area contributed by atoms with Crippen LogP contribution in [0.15, 0.2) is 28.0 Å². The maximum atomic E-state index is 6.14. The Morgan fingerprint density at radius 1 is 0.737 bits per heavy atom. The Labute approximate surface area is 138 Å². The summed E-state index contributed by atoms with van der Waals surface area (Å²) in [5.74, 6) is 1.07. The molecule has 1 aliphatic heterocycles. The second-order valence-electron chi connectivity index (χ2n) is 3.73. The average molecular weight is 372 g/mol. The van der Waals surface area contributed by atoms with E-state index in [-0.39, 0.29) is 10.0 Å². The minimum absolute atomic E-state index is 0.270. The summed E-state index contributed by atoms with van der Waals surface area (Å²) in [6, 6.07) is 5.10. The molecule has 0 saturated heterocycles. The van der Waals surface area contributed by atoms with Crippen molar-refractivity contribution < 1.29 is 4.74 Å². The summed E-state index contributed by atoms with van der Waals surface area (Å²) in [5.41, 5.74) is 0. The number of halogens is 5. The van der Waals surface area contributed by atoms with Crippen molar-refractivity contribution in [3.63, 3.8) is 0 Å². The van der Waals surface area contributed by atoms with Crippen LogP contribution in [0.1, 0.15) is 0 Å². The highest BCUT2D eigenvalue weighted by Crippen LogP contribution is 2.54. The molecule has 1 nitrogen and oxygen atoms in total. The van der Waals surface area contributed by atoms with Gasteiger partial charge >= 0.3 is 0 Å². The molecule has 0 bridgehead atoms. The number of benzene rings is 2. The van der Waals surface area contributed by atoms with Gasteiger partial charge in [-0.3, -0.25) is 0 Å². The van der Waals surface area contributed by atoms with Crippen LogP contribution in [-0.4, -0.2) is 0 Å². The first-order valence-electron chi connectivity index (χ1n) is 4.99. The number of ether oxygens (including phenoxy) is 1. The third-order valence-electron chi connectivity index (χ3n) is 2.50. The summed E-state index contributed by atoms with van der Waals surface area (Å²) in [6.07, 6.45) is 0. The molecule has 3 rings (SSSR count). The van der Waals surface area contributed by atoms with E-state index in [2.05, 4.69) is 0 Å². The highest BCUT2D eigenvalue weighted by molar-refractivity contribution is 7.99. The quantitative estimate of drug-likeness (QED) is 0.386. The molecule has 0 aromatic heterocycles. The number of hydrogen-bond acceptors (Lipinski definition) is 2. The highest BCUT2D eigenvalue weighted by atomic mass is 35.5. The van der Waals surface area contributed by atoms with Gasteiger partial charge in [-0.2, -0.15) is 0 Å². The van der Waals surface area contributed by atoms with Crippen LogP contribution in [0.2, 0.25) is 25.1 Å². The van der Waals surface area contributed by atoms with Crippen molar-refractivity contribution in [2.45, 2.75) is 9.79 Å². The Morgan fingerprint density at radius 2 is 1.37 bits per heavy atom. The summed E-state index contributed by atoms with van der Waals surface area (Å²) in [6.45, 7) is 0. The van der Waals surface area contributed by atoms with Crippen molar-refractivity contribution in [3.05, 3.63) is 43.3 Å². The first kappa shape index (κ1) is 14.0. The van der Waals surface area contributed by atoms with E-state index in [0.717, 1.165) is 9.79 Å². The van der Waals surface area contributed by atoms with Crippen molar-refractivity contribution in [1.82, 2.24) is 0 Å². The first-order chi connectivity index (χ1) is 8.97. The van der Waals surface area contributed by atoms with Crippen LogP contribution in [-0.2, 0) is 0 Å². The van der Waals surface area contributed by atoms with Gasteiger partial charge in [-0.05, 0) is 12.1 Å². The summed E-state index contributed by atoms with van der Waals surface area (Å²) < 4.78 is 5.74. The zero-order chi connectivity index (χ0) is 13.7. The number of fused-ring (bicyclic) bond motifs is 2. The van der Waals surface area contributed by atoms with Crippen LogP contribution in [0.3, 0.4) is 0 Å². The second-order valence-corrected chi connectivity index (χ2v) is 6.79. The predicted octanol–water partition coefficient (Wildman–Crippen LogP) is 7.21. The molecule has 0 amide bonds. The van der Waals surface area contributed by atoms with Crippen molar-refractivity contribution in [2.75, 3.05) is 0 Å². The van der Waals surface area contributed by atoms with Crippen molar-refractivity contribution in [1.29, 1.82) is 0 Å². The van der Waals surface area contributed by atoms with Crippen LogP contribution < -0.4 is 4.74 Å². The standard InChI is InChI=1S/C12H3Cl5OS/c13-4-1-7-8(2-5(4)14)19-9-3-6(15)10(16)11(17)12(9)18-7/h1-3H. The van der Waals surface area contributed by atoms with Gasteiger partial charge in [0.2, 0.25) is 0 Å². The molecular formula is C12H3Cl5OS. The molecule has 2 aromatic rings. The fourth-order valence-electron chi connectivity index (χ4n) is 1.63. The minimum atomic E-state index is 0.270. The molecule has 7 heteroatoms. The summed E-state index contributed by atoms with van der Waals surface area (Å²) in [5, 5.41) is 1.82. The fourth-order valence-corrected chi connectivity index (χ4v) is 3.79. The molecule has 0 radical (unpaired) electrons. The maximum Gasteiger partial charge on any atom is 0.161 e. The Hall–Kier alpha value is 0.0400. The predicted molar refractivity (Wildman–Crippen MR) is 82.1 cm³/mol. The van der Waals surface area contributed by atoms with Crippen molar-refractivity contribution >= 4 is 69.8 Å². The van der Waals surface area contributed by atoms with E-state index < -0.39 is 0 Å². The van der Waals surface area contributed by atoms with Gasteiger partial charge in [0.25, 0.3) is 0 Å². The molecule has 0 saturated carbocycles. The van der Waals surface area contributed by atoms with Gasteiger partial charge in [0.15, 0.2) is 5.75 Å². The molecule has 1 aliphatic rings. The Bertz CT molecular complexity index is 701. The van der Waals surface area contributed by atoms with Crippen molar-refractivity contribution in [2.24, 2.45) is 0 Å². The zero-order valence-electron chi connectivity index (χ0n) is 8.94. The van der Waals surface area contributed by atoms with E-state index in [4.69, 9.17) is 62.7 Å². The van der Waals surface area contributed by atoms with Crippen LogP contribution in [0.25, 0.3) is 0 Å². The van der Waals surface area contributed by atoms with E-state index in [1.165, 1.54) is 11.8 Å². The topological polar surface area (TPSA) is 9.23 Å². The first-order valence-corrected chi connectivity index (χ1v) is 7.70. The molecule has 1 heterocycles. The van der Waals surface area contributed by atoms with E-state index in [1.54, 1.807) is 18.2 Å². The van der Waals surface area contributed by atoms with E-state index in [1.807, 2.05) is 0 Å². The zero-order valence-corrected chi connectivity index (χ0v) is 13.5. The summed E-state index contributed by atoms with van der Waals surface area (Å²) >= 11 is 31.5. The monoisotopic (exact) mass is 370 g/mol. The number of hydrogen-bond donors (Lipinski definition) is 0.